The molecule has 0 bridgehead atoms. The Hall–Kier alpha value is -3.39. The molecule has 0 amide bonds. The van der Waals surface area contributed by atoms with Gasteiger partial charge in [-0.2, -0.15) is 10.4 Å². The fourth-order valence-corrected chi connectivity index (χ4v) is 2.69. The average Bonchev–Trinajstić information content (AvgIpc) is 3.07. The second-order valence-electron chi connectivity index (χ2n) is 5.81. The minimum Gasteiger partial charge on any atom is -0.461 e. The molecule has 0 unspecified atom stereocenters. The van der Waals surface area contributed by atoms with Crippen molar-refractivity contribution in [1.82, 2.24) is 9.78 Å². The first-order chi connectivity index (χ1) is 12.7. The van der Waals surface area contributed by atoms with Crippen molar-refractivity contribution in [2.24, 2.45) is 0 Å². The van der Waals surface area contributed by atoms with Crippen LogP contribution in [0.5, 0.6) is 0 Å². The van der Waals surface area contributed by atoms with Gasteiger partial charge in [-0.15, -0.1) is 0 Å². The molecule has 0 aliphatic rings. The van der Waals surface area contributed by atoms with E-state index >= 15 is 0 Å². The van der Waals surface area contributed by atoms with E-state index in [0.29, 0.717) is 31.0 Å². The summed E-state index contributed by atoms with van der Waals surface area (Å²) in [5.41, 5.74) is 4.02. The van der Waals surface area contributed by atoms with Gasteiger partial charge in [0.25, 0.3) is 0 Å². The second kappa shape index (κ2) is 8.13. The lowest BCUT2D eigenvalue weighted by Gasteiger charge is -2.06. The maximum atomic E-state index is 12.3. The molecule has 1 heterocycles. The molecule has 0 aliphatic heterocycles. The zero-order valence-electron chi connectivity index (χ0n) is 14.6. The molecule has 5 nitrogen and oxygen atoms in total. The number of benzene rings is 2. The van der Waals surface area contributed by atoms with Crippen molar-refractivity contribution in [2.75, 3.05) is 6.61 Å². The van der Waals surface area contributed by atoms with Gasteiger partial charge in [-0.1, -0.05) is 54.6 Å². The molecular formula is C21H19N3O2. The van der Waals surface area contributed by atoms with E-state index < -0.39 is 0 Å². The summed E-state index contributed by atoms with van der Waals surface area (Å²) in [5, 5.41) is 13.4. The van der Waals surface area contributed by atoms with Gasteiger partial charge in [0.05, 0.1) is 31.3 Å². The summed E-state index contributed by atoms with van der Waals surface area (Å²) in [6.45, 7) is 2.58. The van der Waals surface area contributed by atoms with Crippen LogP contribution in [-0.2, 0) is 17.7 Å². The summed E-state index contributed by atoms with van der Waals surface area (Å²) in [4.78, 5) is 12.3. The molecular weight excluding hydrogens is 326 g/mol. The lowest BCUT2D eigenvalue weighted by Crippen LogP contribution is -2.14. The largest absolute Gasteiger partial charge is 0.461 e. The topological polar surface area (TPSA) is 67.9 Å². The van der Waals surface area contributed by atoms with Crippen LogP contribution in [0.25, 0.3) is 11.3 Å². The molecule has 0 saturated carbocycles. The first-order valence-electron chi connectivity index (χ1n) is 8.46. The van der Waals surface area contributed by atoms with Crippen molar-refractivity contribution in [1.29, 1.82) is 5.26 Å². The van der Waals surface area contributed by atoms with Gasteiger partial charge >= 0.3 is 5.97 Å². The normalized spacial score (nSPS) is 10.3. The number of rotatable bonds is 6. The van der Waals surface area contributed by atoms with Crippen molar-refractivity contribution in [3.05, 3.63) is 77.5 Å². The van der Waals surface area contributed by atoms with Gasteiger partial charge in [-0.25, -0.2) is 4.79 Å². The second-order valence-corrected chi connectivity index (χ2v) is 5.81. The Morgan fingerprint density at radius 2 is 1.85 bits per heavy atom. The molecule has 0 atom stereocenters. The van der Waals surface area contributed by atoms with Gasteiger partial charge in [-0.05, 0) is 24.1 Å². The molecule has 1 aromatic heterocycles. The Morgan fingerprint density at radius 1 is 1.12 bits per heavy atom. The predicted molar refractivity (Wildman–Crippen MR) is 98.5 cm³/mol. The number of aromatic nitrogens is 2. The highest BCUT2D eigenvalue weighted by atomic mass is 16.5. The number of esters is 1. The molecule has 0 fully saturated rings. The third-order valence-electron chi connectivity index (χ3n) is 3.97. The number of carbonyl (C=O) groups excluding carboxylic acids is 1. The van der Waals surface area contributed by atoms with Crippen molar-refractivity contribution in [3.63, 3.8) is 0 Å². The smallest absolute Gasteiger partial charge is 0.356 e. The van der Waals surface area contributed by atoms with E-state index in [1.54, 1.807) is 17.7 Å². The van der Waals surface area contributed by atoms with Crippen LogP contribution in [0.4, 0.5) is 0 Å². The quantitative estimate of drug-likeness (QED) is 0.637. The molecule has 0 spiro atoms. The Balaban J connectivity index is 1.95. The van der Waals surface area contributed by atoms with Crippen LogP contribution in [0.3, 0.4) is 0 Å². The lowest BCUT2D eigenvalue weighted by molar-refractivity contribution is 0.0512. The molecule has 0 aliphatic carbocycles. The van der Waals surface area contributed by atoms with Gasteiger partial charge in [0.1, 0.15) is 5.69 Å². The predicted octanol–water partition coefficient (Wildman–Crippen LogP) is 3.84. The average molecular weight is 345 g/mol. The molecule has 3 aromatic rings. The van der Waals surface area contributed by atoms with E-state index in [1.165, 1.54) is 0 Å². The maximum Gasteiger partial charge on any atom is 0.356 e. The highest BCUT2D eigenvalue weighted by Gasteiger charge is 2.17. The summed E-state index contributed by atoms with van der Waals surface area (Å²) in [7, 11) is 0. The zero-order chi connectivity index (χ0) is 18.4. The summed E-state index contributed by atoms with van der Waals surface area (Å²) in [5.74, 6) is -0.386. The van der Waals surface area contributed by atoms with Crippen molar-refractivity contribution in [3.8, 4) is 17.3 Å². The van der Waals surface area contributed by atoms with Gasteiger partial charge in [-0.3, -0.25) is 4.68 Å². The standard InChI is InChI=1S/C21H19N3O2/c1-2-26-21(25)20-14-19(18-10-8-16(9-11-18)12-13-22)23-24(20)15-17-6-4-3-5-7-17/h3-11,14H,2,12,15H2,1H3. The Morgan fingerprint density at radius 3 is 2.50 bits per heavy atom. The van der Waals surface area contributed by atoms with E-state index in [0.717, 1.165) is 16.7 Å². The molecule has 0 N–H and O–H groups in total. The molecule has 0 saturated heterocycles. The Bertz CT molecular complexity index is 922. The van der Waals surface area contributed by atoms with Gasteiger partial charge in [0, 0.05) is 5.56 Å². The zero-order valence-corrected chi connectivity index (χ0v) is 14.6. The molecule has 0 radical (unpaired) electrons. The number of carbonyl (C=O) groups is 1. The Kier molecular flexibility index (Phi) is 5.45. The first-order valence-corrected chi connectivity index (χ1v) is 8.46. The van der Waals surface area contributed by atoms with Crippen molar-refractivity contribution in [2.45, 2.75) is 19.9 Å². The maximum absolute atomic E-state index is 12.3. The highest BCUT2D eigenvalue weighted by molar-refractivity contribution is 5.89. The van der Waals surface area contributed by atoms with Gasteiger partial charge in [0.2, 0.25) is 0 Å². The number of nitriles is 1. The third-order valence-corrected chi connectivity index (χ3v) is 3.97. The lowest BCUT2D eigenvalue weighted by atomic mass is 10.1. The van der Waals surface area contributed by atoms with E-state index in [-0.39, 0.29) is 5.97 Å². The summed E-state index contributed by atoms with van der Waals surface area (Å²) in [6.07, 6.45) is 0.372. The molecule has 3 rings (SSSR count). The number of ether oxygens (including phenoxy) is 1. The van der Waals surface area contributed by atoms with Crippen molar-refractivity contribution < 1.29 is 9.53 Å². The number of hydrogen-bond acceptors (Lipinski definition) is 4. The van der Waals surface area contributed by atoms with Crippen molar-refractivity contribution >= 4 is 5.97 Å². The highest BCUT2D eigenvalue weighted by Crippen LogP contribution is 2.21. The van der Waals surface area contributed by atoms with Crippen LogP contribution in [0, 0.1) is 11.3 Å². The van der Waals surface area contributed by atoms with E-state index in [2.05, 4.69) is 11.2 Å². The number of nitrogens with zero attached hydrogens (tertiary/aromatic N) is 3. The summed E-state index contributed by atoms with van der Waals surface area (Å²) >= 11 is 0. The summed E-state index contributed by atoms with van der Waals surface area (Å²) < 4.78 is 6.84. The minimum absolute atomic E-state index is 0.313. The summed E-state index contributed by atoms with van der Waals surface area (Å²) in [6, 6.07) is 21.4. The SMILES string of the molecule is CCOC(=O)c1cc(-c2ccc(CC#N)cc2)nn1Cc1ccccc1. The monoisotopic (exact) mass is 345 g/mol. The van der Waals surface area contributed by atoms with Crippen LogP contribution >= 0.6 is 0 Å². The number of hydrogen-bond donors (Lipinski definition) is 0. The molecule has 2 aromatic carbocycles. The van der Waals surface area contributed by atoms with Gasteiger partial charge in [0.15, 0.2) is 0 Å². The molecule has 130 valence electrons. The van der Waals surface area contributed by atoms with Crippen LogP contribution < -0.4 is 0 Å². The van der Waals surface area contributed by atoms with Crippen LogP contribution in [0.2, 0.25) is 0 Å². The minimum atomic E-state index is -0.386. The Labute approximate surface area is 152 Å². The van der Waals surface area contributed by atoms with Crippen LogP contribution in [-0.4, -0.2) is 22.4 Å². The fourth-order valence-electron chi connectivity index (χ4n) is 2.69. The van der Waals surface area contributed by atoms with E-state index in [4.69, 9.17) is 10.00 Å². The molecule has 26 heavy (non-hydrogen) atoms. The van der Waals surface area contributed by atoms with Gasteiger partial charge < -0.3 is 4.74 Å². The van der Waals surface area contributed by atoms with E-state index in [1.807, 2.05) is 54.6 Å². The van der Waals surface area contributed by atoms with Crippen LogP contribution in [0.15, 0.2) is 60.7 Å². The van der Waals surface area contributed by atoms with E-state index in [9.17, 15) is 4.79 Å². The first kappa shape index (κ1) is 17.4. The third kappa shape index (κ3) is 3.98. The molecule has 5 heteroatoms. The van der Waals surface area contributed by atoms with Crippen LogP contribution in [0.1, 0.15) is 28.5 Å². The fraction of sp³-hybridized carbons (Fsp3) is 0.190.